The van der Waals surface area contributed by atoms with Crippen molar-refractivity contribution in [3.8, 4) is 0 Å². The van der Waals surface area contributed by atoms with Crippen molar-refractivity contribution < 1.29 is 32.3 Å². The summed E-state index contributed by atoms with van der Waals surface area (Å²) in [5, 5.41) is 0. The molecule has 2 aliphatic heterocycles. The van der Waals surface area contributed by atoms with Crippen LogP contribution >= 0.6 is 0 Å². The summed E-state index contributed by atoms with van der Waals surface area (Å²) in [7, 11) is 1.62. The molecule has 4 rings (SSSR count). The van der Waals surface area contributed by atoms with Crippen molar-refractivity contribution in [2.24, 2.45) is 0 Å². The van der Waals surface area contributed by atoms with Gasteiger partial charge in [-0.25, -0.2) is 0 Å². The lowest BCUT2D eigenvalue weighted by molar-refractivity contribution is -0.143. The third kappa shape index (κ3) is 4.93. The molecule has 2 saturated heterocycles. The quantitative estimate of drug-likeness (QED) is 0.575. The van der Waals surface area contributed by atoms with E-state index >= 15 is 0 Å². The average molecular weight is 467 g/mol. The highest BCUT2D eigenvalue weighted by atomic mass is 19.4. The molecule has 3 aliphatic rings. The predicted molar refractivity (Wildman–Crippen MR) is 113 cm³/mol. The lowest BCUT2D eigenvalue weighted by Gasteiger charge is -2.30. The van der Waals surface area contributed by atoms with E-state index < -0.39 is 29.0 Å². The maximum Gasteiger partial charge on any atom is 0.416 e. The molecule has 1 aromatic rings. The van der Waals surface area contributed by atoms with E-state index in [1.807, 2.05) is 0 Å². The van der Waals surface area contributed by atoms with E-state index in [0.29, 0.717) is 32.4 Å². The zero-order valence-corrected chi connectivity index (χ0v) is 18.7. The number of hydrogen-bond donors (Lipinski definition) is 0. The second kappa shape index (κ2) is 9.08. The lowest BCUT2D eigenvalue weighted by atomic mass is 9.75. The fourth-order valence-corrected chi connectivity index (χ4v) is 4.81. The van der Waals surface area contributed by atoms with E-state index in [0.717, 1.165) is 31.4 Å². The molecule has 3 fully saturated rings. The molecule has 0 bridgehead atoms. The Bertz CT molecular complexity index is 925. The van der Waals surface area contributed by atoms with Gasteiger partial charge in [-0.3, -0.25) is 19.3 Å². The summed E-state index contributed by atoms with van der Waals surface area (Å²) in [5.74, 6) is -1.36. The van der Waals surface area contributed by atoms with Crippen molar-refractivity contribution in [3.05, 3.63) is 35.4 Å². The number of halogens is 3. The van der Waals surface area contributed by atoms with Crippen LogP contribution in [-0.2, 0) is 30.7 Å². The Balaban J connectivity index is 1.58. The number of benzene rings is 1. The lowest BCUT2D eigenvalue weighted by Crippen LogP contribution is -2.44. The molecule has 2 atom stereocenters. The van der Waals surface area contributed by atoms with Crippen molar-refractivity contribution >= 4 is 17.7 Å². The molecule has 33 heavy (non-hydrogen) atoms. The van der Waals surface area contributed by atoms with Gasteiger partial charge in [-0.2, -0.15) is 13.2 Å². The minimum absolute atomic E-state index is 0.0659. The van der Waals surface area contributed by atoms with E-state index in [9.17, 15) is 27.6 Å². The second-order valence-electron chi connectivity index (χ2n) is 9.41. The normalized spacial score (nSPS) is 26.1. The molecule has 0 radical (unpaired) electrons. The highest BCUT2D eigenvalue weighted by Gasteiger charge is 2.57. The molecule has 0 N–H and O–H groups in total. The predicted octanol–water partition coefficient (Wildman–Crippen LogP) is 3.67. The van der Waals surface area contributed by atoms with Gasteiger partial charge in [0.15, 0.2) is 0 Å². The van der Waals surface area contributed by atoms with Crippen molar-refractivity contribution in [3.63, 3.8) is 0 Å². The van der Waals surface area contributed by atoms with Crippen LogP contribution in [0.25, 0.3) is 0 Å². The second-order valence-corrected chi connectivity index (χ2v) is 9.41. The summed E-state index contributed by atoms with van der Waals surface area (Å²) in [6, 6.07) is 4.26. The van der Waals surface area contributed by atoms with Gasteiger partial charge < -0.3 is 9.64 Å². The van der Waals surface area contributed by atoms with Crippen molar-refractivity contribution in [2.45, 2.75) is 75.1 Å². The number of hydrogen-bond acceptors (Lipinski definition) is 4. The van der Waals surface area contributed by atoms with Gasteiger partial charge in [0.25, 0.3) is 0 Å². The van der Waals surface area contributed by atoms with Crippen LogP contribution in [0.4, 0.5) is 13.2 Å². The molecule has 1 saturated carbocycles. The first-order valence-electron chi connectivity index (χ1n) is 11.5. The number of amides is 3. The smallest absolute Gasteiger partial charge is 0.378 e. The number of alkyl halides is 3. The van der Waals surface area contributed by atoms with Gasteiger partial charge in [0.2, 0.25) is 17.7 Å². The molecular formula is C24H29F3N2O4. The van der Waals surface area contributed by atoms with E-state index in [4.69, 9.17) is 4.74 Å². The van der Waals surface area contributed by atoms with E-state index in [1.165, 1.54) is 21.9 Å². The summed E-state index contributed by atoms with van der Waals surface area (Å²) < 4.78 is 45.9. The van der Waals surface area contributed by atoms with Crippen LogP contribution in [0.15, 0.2) is 24.3 Å². The molecular weight excluding hydrogens is 437 g/mol. The minimum atomic E-state index is -4.60. The van der Waals surface area contributed by atoms with Crippen molar-refractivity contribution in [2.75, 3.05) is 20.2 Å². The summed E-state index contributed by atoms with van der Waals surface area (Å²) in [6.07, 6.45) is -0.103. The van der Waals surface area contributed by atoms with Gasteiger partial charge in [-0.1, -0.05) is 18.2 Å². The summed E-state index contributed by atoms with van der Waals surface area (Å²) in [4.78, 5) is 42.1. The van der Waals surface area contributed by atoms with Crippen LogP contribution in [0.3, 0.4) is 0 Å². The molecule has 1 aliphatic carbocycles. The van der Waals surface area contributed by atoms with Gasteiger partial charge in [0.05, 0.1) is 17.1 Å². The number of carbonyl (C=O) groups is 3. The van der Waals surface area contributed by atoms with Crippen LogP contribution in [0.2, 0.25) is 0 Å². The number of imide groups is 1. The van der Waals surface area contributed by atoms with E-state index in [1.54, 1.807) is 7.05 Å². The monoisotopic (exact) mass is 466 g/mol. The maximum absolute atomic E-state index is 13.5. The Hall–Kier alpha value is -2.42. The Kier molecular flexibility index (Phi) is 6.53. The van der Waals surface area contributed by atoms with Crippen LogP contribution in [0, 0.1) is 0 Å². The Morgan fingerprint density at radius 2 is 1.97 bits per heavy atom. The minimum Gasteiger partial charge on any atom is -0.378 e. The molecule has 0 spiro atoms. The molecule has 180 valence electrons. The number of rotatable bonds is 7. The van der Waals surface area contributed by atoms with E-state index in [-0.39, 0.29) is 36.5 Å². The molecule has 6 nitrogen and oxygen atoms in total. The fourth-order valence-electron chi connectivity index (χ4n) is 4.81. The van der Waals surface area contributed by atoms with Crippen molar-refractivity contribution in [1.82, 2.24) is 9.80 Å². The van der Waals surface area contributed by atoms with Gasteiger partial charge in [-0.15, -0.1) is 0 Å². The largest absolute Gasteiger partial charge is 0.416 e. The SMILES string of the molecule is CN(CC[C@@H]1CCCCO1)C(=O)C[C@@]1(c2cccc(C(F)(F)F)c2)CC(=O)N(C2CC2)C1=O. The first kappa shape index (κ1) is 23.7. The van der Waals surface area contributed by atoms with Crippen LogP contribution < -0.4 is 0 Å². The fraction of sp³-hybridized carbons (Fsp3) is 0.625. The number of nitrogens with zero attached hydrogens (tertiary/aromatic N) is 2. The Labute approximate surface area is 191 Å². The average Bonchev–Trinajstić information content (AvgIpc) is 3.58. The molecule has 9 heteroatoms. The molecule has 0 aromatic heterocycles. The van der Waals surface area contributed by atoms with Gasteiger partial charge in [-0.05, 0) is 50.2 Å². The van der Waals surface area contributed by atoms with Gasteiger partial charge in [0.1, 0.15) is 0 Å². The summed E-state index contributed by atoms with van der Waals surface area (Å²) in [5.41, 5.74) is -2.45. The highest BCUT2D eigenvalue weighted by molar-refractivity contribution is 6.11. The summed E-state index contributed by atoms with van der Waals surface area (Å²) >= 11 is 0. The van der Waals surface area contributed by atoms with Crippen LogP contribution in [0.5, 0.6) is 0 Å². The van der Waals surface area contributed by atoms with Crippen molar-refractivity contribution in [1.29, 1.82) is 0 Å². The molecule has 0 unspecified atom stereocenters. The Morgan fingerprint density at radius 3 is 2.61 bits per heavy atom. The molecule has 2 heterocycles. The zero-order chi connectivity index (χ0) is 23.8. The number of ether oxygens (including phenoxy) is 1. The highest BCUT2D eigenvalue weighted by Crippen LogP contribution is 2.45. The first-order chi connectivity index (χ1) is 15.6. The Morgan fingerprint density at radius 1 is 1.21 bits per heavy atom. The number of likely N-dealkylation sites (tertiary alicyclic amines) is 1. The third-order valence-electron chi connectivity index (χ3n) is 6.94. The van der Waals surface area contributed by atoms with Crippen LogP contribution in [-0.4, -0.2) is 59.9 Å². The molecule has 1 aromatic carbocycles. The topological polar surface area (TPSA) is 66.9 Å². The third-order valence-corrected chi connectivity index (χ3v) is 6.94. The standard InChI is InChI=1S/C24H29F3N2O4/c1-28(11-10-19-7-2-3-12-33-19)20(30)14-23(15-21(31)29(22(23)32)18-8-9-18)16-5-4-6-17(13-16)24(25,26)27/h4-6,13,18-19H,2-3,7-12,14-15H2,1H3/t19-,23-/m0/s1. The summed E-state index contributed by atoms with van der Waals surface area (Å²) in [6.45, 7) is 1.12. The van der Waals surface area contributed by atoms with Gasteiger partial charge in [0, 0.05) is 39.1 Å². The number of carbonyl (C=O) groups excluding carboxylic acids is 3. The molecule has 3 amide bonds. The first-order valence-corrected chi connectivity index (χ1v) is 11.5. The van der Waals surface area contributed by atoms with Crippen LogP contribution in [0.1, 0.15) is 62.5 Å². The van der Waals surface area contributed by atoms with E-state index in [2.05, 4.69) is 0 Å². The van der Waals surface area contributed by atoms with Gasteiger partial charge >= 0.3 is 6.18 Å². The zero-order valence-electron chi connectivity index (χ0n) is 18.7. The maximum atomic E-state index is 13.5.